The fourth-order valence-electron chi connectivity index (χ4n) is 1.94. The van der Waals surface area contributed by atoms with Crippen molar-refractivity contribution in [3.05, 3.63) is 60.1 Å². The zero-order chi connectivity index (χ0) is 12.4. The summed E-state index contributed by atoms with van der Waals surface area (Å²) in [7, 11) is 0. The van der Waals surface area contributed by atoms with Crippen molar-refractivity contribution in [2.24, 2.45) is 0 Å². The van der Waals surface area contributed by atoms with Crippen LogP contribution in [0.3, 0.4) is 0 Å². The molecule has 0 atom stereocenters. The summed E-state index contributed by atoms with van der Waals surface area (Å²) in [4.78, 5) is 4.38. The number of rotatable bonds is 2. The van der Waals surface area contributed by atoms with E-state index < -0.39 is 0 Å². The molecule has 0 spiro atoms. The molecule has 0 aliphatic rings. The number of thiazole rings is 1. The smallest absolute Gasteiger partial charge is 0.123 e. The molecule has 2 nitrogen and oxygen atoms in total. The lowest BCUT2D eigenvalue weighted by atomic mass is 10.00. The summed E-state index contributed by atoms with van der Waals surface area (Å²) in [6.45, 7) is 0. The third-order valence-corrected chi connectivity index (χ3v) is 3.62. The molecule has 0 amide bonds. The van der Waals surface area contributed by atoms with E-state index in [0.29, 0.717) is 0 Å². The van der Waals surface area contributed by atoms with Crippen LogP contribution in [0.4, 0.5) is 5.69 Å². The molecule has 2 N–H and O–H groups in total. The second-order valence-corrected chi connectivity index (χ2v) is 4.90. The minimum Gasteiger partial charge on any atom is -0.399 e. The molecule has 0 radical (unpaired) electrons. The average molecular weight is 252 g/mol. The number of benzene rings is 2. The first-order valence-electron chi connectivity index (χ1n) is 5.69. The number of aromatic nitrogens is 1. The van der Waals surface area contributed by atoms with Gasteiger partial charge < -0.3 is 5.73 Å². The molecule has 0 bridgehead atoms. The number of hydrogen-bond acceptors (Lipinski definition) is 3. The summed E-state index contributed by atoms with van der Waals surface area (Å²) >= 11 is 1.65. The van der Waals surface area contributed by atoms with Crippen LogP contribution in [0.15, 0.2) is 60.1 Å². The van der Waals surface area contributed by atoms with Gasteiger partial charge in [0.1, 0.15) is 5.01 Å². The third-order valence-electron chi connectivity index (χ3n) is 2.81. The van der Waals surface area contributed by atoms with E-state index in [1.165, 1.54) is 5.56 Å². The zero-order valence-corrected chi connectivity index (χ0v) is 10.5. The summed E-state index contributed by atoms with van der Waals surface area (Å²) < 4.78 is 0. The predicted molar refractivity (Wildman–Crippen MR) is 77.4 cm³/mol. The van der Waals surface area contributed by atoms with E-state index in [-0.39, 0.29) is 0 Å². The molecule has 1 heterocycles. The van der Waals surface area contributed by atoms with E-state index in [0.717, 1.165) is 21.8 Å². The Balaban J connectivity index is 2.15. The van der Waals surface area contributed by atoms with Gasteiger partial charge in [-0.05, 0) is 23.3 Å². The quantitative estimate of drug-likeness (QED) is 0.698. The molecule has 0 fully saturated rings. The maximum atomic E-state index is 5.73. The van der Waals surface area contributed by atoms with Gasteiger partial charge in [0.05, 0.1) is 0 Å². The Morgan fingerprint density at radius 2 is 1.61 bits per heavy atom. The summed E-state index contributed by atoms with van der Waals surface area (Å²) in [5.74, 6) is 0. The molecule has 1 aromatic heterocycles. The monoisotopic (exact) mass is 252 g/mol. The van der Waals surface area contributed by atoms with Crippen LogP contribution in [0, 0.1) is 0 Å². The number of anilines is 1. The molecule has 3 heteroatoms. The molecule has 2 aromatic carbocycles. The molecule has 0 aliphatic carbocycles. The Kier molecular flexibility index (Phi) is 2.82. The van der Waals surface area contributed by atoms with Crippen molar-refractivity contribution in [3.8, 4) is 21.7 Å². The number of nitrogen functional groups attached to an aromatic ring is 1. The standard InChI is InChI=1S/C15H12N2S/c16-12-7-5-11(6-8-12)13-3-1-2-4-14(13)15-17-9-10-18-15/h1-10H,16H2. The summed E-state index contributed by atoms with van der Waals surface area (Å²) in [5, 5.41) is 3.04. The van der Waals surface area contributed by atoms with Crippen molar-refractivity contribution < 1.29 is 0 Å². The van der Waals surface area contributed by atoms with E-state index in [1.807, 2.05) is 48.0 Å². The highest BCUT2D eigenvalue weighted by Gasteiger charge is 2.08. The molecule has 3 aromatic rings. The highest BCUT2D eigenvalue weighted by molar-refractivity contribution is 7.13. The van der Waals surface area contributed by atoms with E-state index in [4.69, 9.17) is 5.73 Å². The average Bonchev–Trinajstić information content (AvgIpc) is 2.93. The summed E-state index contributed by atoms with van der Waals surface area (Å²) in [6.07, 6.45) is 1.83. The van der Waals surface area contributed by atoms with Crippen LogP contribution in [-0.4, -0.2) is 4.98 Å². The van der Waals surface area contributed by atoms with Gasteiger partial charge in [-0.1, -0.05) is 36.4 Å². The van der Waals surface area contributed by atoms with Crippen molar-refractivity contribution in [2.45, 2.75) is 0 Å². The lowest BCUT2D eigenvalue weighted by Gasteiger charge is -2.07. The van der Waals surface area contributed by atoms with Crippen LogP contribution < -0.4 is 5.73 Å². The van der Waals surface area contributed by atoms with Crippen LogP contribution in [0.25, 0.3) is 21.7 Å². The molecule has 88 valence electrons. The second kappa shape index (κ2) is 4.63. The highest BCUT2D eigenvalue weighted by atomic mass is 32.1. The van der Waals surface area contributed by atoms with Crippen LogP contribution in [-0.2, 0) is 0 Å². The lowest BCUT2D eigenvalue weighted by Crippen LogP contribution is -1.86. The minimum atomic E-state index is 0.783. The normalized spacial score (nSPS) is 10.4. The number of nitrogens with zero attached hydrogens (tertiary/aromatic N) is 1. The van der Waals surface area contributed by atoms with Gasteiger partial charge in [-0.25, -0.2) is 4.98 Å². The second-order valence-electron chi connectivity index (χ2n) is 4.00. The van der Waals surface area contributed by atoms with Gasteiger partial charge in [0.2, 0.25) is 0 Å². The van der Waals surface area contributed by atoms with Crippen molar-refractivity contribution in [3.63, 3.8) is 0 Å². The fraction of sp³-hybridized carbons (Fsp3) is 0. The maximum Gasteiger partial charge on any atom is 0.123 e. The van der Waals surface area contributed by atoms with Crippen molar-refractivity contribution in [2.75, 3.05) is 5.73 Å². The largest absolute Gasteiger partial charge is 0.399 e. The van der Waals surface area contributed by atoms with E-state index in [1.54, 1.807) is 11.3 Å². The highest BCUT2D eigenvalue weighted by Crippen LogP contribution is 2.33. The molecule has 0 aliphatic heterocycles. The van der Waals surface area contributed by atoms with Crippen LogP contribution in [0.1, 0.15) is 0 Å². The van der Waals surface area contributed by atoms with Gasteiger partial charge in [0.15, 0.2) is 0 Å². The molecule has 0 saturated heterocycles. The Bertz CT molecular complexity index is 643. The van der Waals surface area contributed by atoms with Gasteiger partial charge >= 0.3 is 0 Å². The maximum absolute atomic E-state index is 5.73. The van der Waals surface area contributed by atoms with Gasteiger partial charge in [-0.15, -0.1) is 11.3 Å². The molecule has 18 heavy (non-hydrogen) atoms. The first kappa shape index (κ1) is 11.0. The lowest BCUT2D eigenvalue weighted by molar-refractivity contribution is 1.41. The predicted octanol–water partition coefficient (Wildman–Crippen LogP) is 4.06. The van der Waals surface area contributed by atoms with E-state index in [2.05, 4.69) is 17.1 Å². The van der Waals surface area contributed by atoms with Gasteiger partial charge in [0, 0.05) is 22.8 Å². The first-order chi connectivity index (χ1) is 8.84. The van der Waals surface area contributed by atoms with Crippen LogP contribution >= 0.6 is 11.3 Å². The molecular formula is C15H12N2S. The Morgan fingerprint density at radius 3 is 2.28 bits per heavy atom. The van der Waals surface area contributed by atoms with E-state index in [9.17, 15) is 0 Å². The summed E-state index contributed by atoms with van der Waals surface area (Å²) in [6, 6.07) is 16.2. The topological polar surface area (TPSA) is 38.9 Å². The molecule has 0 saturated carbocycles. The van der Waals surface area contributed by atoms with Crippen molar-refractivity contribution in [1.82, 2.24) is 4.98 Å². The first-order valence-corrected chi connectivity index (χ1v) is 6.57. The minimum absolute atomic E-state index is 0.783. The van der Waals surface area contributed by atoms with Gasteiger partial charge in [-0.2, -0.15) is 0 Å². The SMILES string of the molecule is Nc1ccc(-c2ccccc2-c2nccs2)cc1. The molecule has 0 unspecified atom stereocenters. The van der Waals surface area contributed by atoms with Gasteiger partial charge in [0.25, 0.3) is 0 Å². The summed E-state index contributed by atoms with van der Waals surface area (Å²) in [5.41, 5.74) is 10.0. The Labute approximate surface area is 110 Å². The van der Waals surface area contributed by atoms with E-state index >= 15 is 0 Å². The zero-order valence-electron chi connectivity index (χ0n) is 9.71. The van der Waals surface area contributed by atoms with Crippen molar-refractivity contribution >= 4 is 17.0 Å². The third kappa shape index (κ3) is 2.00. The molecule has 3 rings (SSSR count). The molecular weight excluding hydrogens is 240 g/mol. The number of hydrogen-bond donors (Lipinski definition) is 1. The fourth-order valence-corrected chi connectivity index (χ4v) is 2.62. The van der Waals surface area contributed by atoms with Crippen molar-refractivity contribution in [1.29, 1.82) is 0 Å². The van der Waals surface area contributed by atoms with Gasteiger partial charge in [-0.3, -0.25) is 0 Å². The Hall–Kier alpha value is -2.13. The van der Waals surface area contributed by atoms with Crippen LogP contribution in [0.2, 0.25) is 0 Å². The van der Waals surface area contributed by atoms with Crippen LogP contribution in [0.5, 0.6) is 0 Å². The Morgan fingerprint density at radius 1 is 0.889 bits per heavy atom. The number of nitrogens with two attached hydrogens (primary N) is 1.